The third-order valence-corrected chi connectivity index (χ3v) is 4.11. The van der Waals surface area contributed by atoms with Gasteiger partial charge in [0, 0.05) is 31.7 Å². The zero-order valence-electron chi connectivity index (χ0n) is 13.0. The Morgan fingerprint density at radius 1 is 1.37 bits per heavy atom. The molecule has 1 saturated heterocycles. The first kappa shape index (κ1) is 16.4. The van der Waals surface area contributed by atoms with Gasteiger partial charge in [0.25, 0.3) is 0 Å². The van der Waals surface area contributed by atoms with Gasteiger partial charge in [-0.25, -0.2) is 0 Å². The standard InChI is InChI=1S/C14H29N3O2/c1-6-15-13(14(18)19-5)7-8-17-9-11(2)16(4)12(3)10-17/h11-13,15H,6-10H2,1-5H3. The Hall–Kier alpha value is -0.650. The minimum Gasteiger partial charge on any atom is -0.468 e. The molecule has 1 rings (SSSR count). The molecule has 1 fully saturated rings. The largest absolute Gasteiger partial charge is 0.468 e. The van der Waals surface area contributed by atoms with Crippen LogP contribution in [-0.2, 0) is 9.53 Å². The quantitative estimate of drug-likeness (QED) is 0.715. The Morgan fingerprint density at radius 2 is 1.95 bits per heavy atom. The zero-order valence-corrected chi connectivity index (χ0v) is 13.0. The second-order valence-corrected chi connectivity index (χ2v) is 5.55. The first-order chi connectivity index (χ1) is 8.99. The summed E-state index contributed by atoms with van der Waals surface area (Å²) in [4.78, 5) is 16.5. The molecule has 1 N–H and O–H groups in total. The molecule has 3 unspecified atom stereocenters. The number of carbonyl (C=O) groups excluding carboxylic acids is 1. The molecule has 0 aliphatic carbocycles. The van der Waals surface area contributed by atoms with Crippen molar-refractivity contribution in [3.63, 3.8) is 0 Å². The number of carbonyl (C=O) groups is 1. The predicted octanol–water partition coefficient (Wildman–Crippen LogP) is 0.552. The molecular formula is C14H29N3O2. The molecule has 0 aromatic rings. The van der Waals surface area contributed by atoms with E-state index in [1.807, 2.05) is 6.92 Å². The average Bonchev–Trinajstić information content (AvgIpc) is 2.39. The summed E-state index contributed by atoms with van der Waals surface area (Å²) < 4.78 is 4.84. The van der Waals surface area contributed by atoms with E-state index in [-0.39, 0.29) is 12.0 Å². The highest BCUT2D eigenvalue weighted by molar-refractivity contribution is 5.75. The number of ether oxygens (including phenoxy) is 1. The van der Waals surface area contributed by atoms with Gasteiger partial charge in [0.2, 0.25) is 0 Å². The molecule has 0 amide bonds. The van der Waals surface area contributed by atoms with Crippen LogP contribution in [0.15, 0.2) is 0 Å². The van der Waals surface area contributed by atoms with Crippen LogP contribution >= 0.6 is 0 Å². The van der Waals surface area contributed by atoms with Crippen LogP contribution < -0.4 is 5.32 Å². The fourth-order valence-corrected chi connectivity index (χ4v) is 2.70. The van der Waals surface area contributed by atoms with Crippen molar-refractivity contribution in [2.45, 2.75) is 45.3 Å². The van der Waals surface area contributed by atoms with E-state index >= 15 is 0 Å². The molecule has 1 aliphatic rings. The third kappa shape index (κ3) is 4.75. The average molecular weight is 271 g/mol. The van der Waals surface area contributed by atoms with Crippen molar-refractivity contribution in [3.8, 4) is 0 Å². The van der Waals surface area contributed by atoms with Crippen molar-refractivity contribution < 1.29 is 9.53 Å². The molecule has 112 valence electrons. The summed E-state index contributed by atoms with van der Waals surface area (Å²) >= 11 is 0. The van der Waals surface area contributed by atoms with Crippen LogP contribution in [-0.4, -0.2) is 74.2 Å². The first-order valence-electron chi connectivity index (χ1n) is 7.25. The minimum absolute atomic E-state index is 0.155. The highest BCUT2D eigenvalue weighted by Crippen LogP contribution is 2.13. The molecule has 0 bridgehead atoms. The van der Waals surface area contributed by atoms with E-state index < -0.39 is 0 Å². The Labute approximate surface area is 117 Å². The Balaban J connectivity index is 2.44. The lowest BCUT2D eigenvalue weighted by molar-refractivity contribution is -0.143. The summed E-state index contributed by atoms with van der Waals surface area (Å²) in [6.45, 7) is 10.4. The van der Waals surface area contributed by atoms with Crippen molar-refractivity contribution in [2.75, 3.05) is 40.3 Å². The molecule has 1 heterocycles. The molecule has 5 heteroatoms. The van der Waals surface area contributed by atoms with Gasteiger partial charge < -0.3 is 15.0 Å². The Bertz CT molecular complexity index is 274. The second-order valence-electron chi connectivity index (χ2n) is 5.55. The SMILES string of the molecule is CCNC(CCN1CC(C)N(C)C(C)C1)C(=O)OC. The maximum absolute atomic E-state index is 11.6. The third-order valence-electron chi connectivity index (χ3n) is 4.11. The van der Waals surface area contributed by atoms with E-state index in [2.05, 4.69) is 36.0 Å². The molecule has 3 atom stereocenters. The number of nitrogens with zero attached hydrogens (tertiary/aromatic N) is 2. The van der Waals surface area contributed by atoms with Crippen LogP contribution in [0.3, 0.4) is 0 Å². The van der Waals surface area contributed by atoms with E-state index in [4.69, 9.17) is 4.74 Å². The lowest BCUT2D eigenvalue weighted by Crippen LogP contribution is -2.55. The van der Waals surface area contributed by atoms with Crippen molar-refractivity contribution in [1.29, 1.82) is 0 Å². The fraction of sp³-hybridized carbons (Fsp3) is 0.929. The topological polar surface area (TPSA) is 44.8 Å². The van der Waals surface area contributed by atoms with Crippen LogP contribution in [0.2, 0.25) is 0 Å². The molecule has 1 aliphatic heterocycles. The van der Waals surface area contributed by atoms with E-state index in [1.54, 1.807) is 0 Å². The number of hydrogen-bond donors (Lipinski definition) is 1. The van der Waals surface area contributed by atoms with Crippen molar-refractivity contribution in [1.82, 2.24) is 15.1 Å². The zero-order chi connectivity index (χ0) is 14.4. The minimum atomic E-state index is -0.180. The van der Waals surface area contributed by atoms with Gasteiger partial charge in [0.05, 0.1) is 7.11 Å². The molecule has 19 heavy (non-hydrogen) atoms. The van der Waals surface area contributed by atoms with Gasteiger partial charge in [-0.1, -0.05) is 6.92 Å². The molecule has 0 spiro atoms. The van der Waals surface area contributed by atoms with Crippen molar-refractivity contribution >= 4 is 5.97 Å². The molecule has 0 radical (unpaired) electrons. The second kappa shape index (κ2) is 7.82. The predicted molar refractivity (Wildman–Crippen MR) is 77.2 cm³/mol. The first-order valence-corrected chi connectivity index (χ1v) is 7.25. The molecule has 5 nitrogen and oxygen atoms in total. The van der Waals surface area contributed by atoms with Crippen LogP contribution in [0.1, 0.15) is 27.2 Å². The van der Waals surface area contributed by atoms with E-state index in [0.717, 1.165) is 32.6 Å². The van der Waals surface area contributed by atoms with Crippen molar-refractivity contribution in [2.24, 2.45) is 0 Å². The lowest BCUT2D eigenvalue weighted by atomic mass is 10.1. The number of methoxy groups -OCH3 is 1. The Morgan fingerprint density at radius 3 is 2.42 bits per heavy atom. The number of rotatable bonds is 6. The fourth-order valence-electron chi connectivity index (χ4n) is 2.70. The summed E-state index contributed by atoms with van der Waals surface area (Å²) in [5, 5.41) is 3.19. The monoisotopic (exact) mass is 271 g/mol. The highest BCUT2D eigenvalue weighted by Gasteiger charge is 2.27. The van der Waals surface area contributed by atoms with E-state index in [0.29, 0.717) is 12.1 Å². The summed E-state index contributed by atoms with van der Waals surface area (Å²) in [6, 6.07) is 0.958. The van der Waals surface area contributed by atoms with E-state index in [1.165, 1.54) is 7.11 Å². The maximum Gasteiger partial charge on any atom is 0.322 e. The van der Waals surface area contributed by atoms with Gasteiger partial charge in [-0.3, -0.25) is 9.69 Å². The summed E-state index contributed by atoms with van der Waals surface area (Å²) in [5.41, 5.74) is 0. The van der Waals surface area contributed by atoms with Gasteiger partial charge in [0.1, 0.15) is 6.04 Å². The summed E-state index contributed by atoms with van der Waals surface area (Å²) in [7, 11) is 3.63. The smallest absolute Gasteiger partial charge is 0.322 e. The number of likely N-dealkylation sites (N-methyl/N-ethyl adjacent to an activating group) is 2. The number of piperazine rings is 1. The van der Waals surface area contributed by atoms with Gasteiger partial charge in [-0.05, 0) is 33.9 Å². The normalized spacial score (nSPS) is 27.2. The van der Waals surface area contributed by atoms with Crippen molar-refractivity contribution in [3.05, 3.63) is 0 Å². The van der Waals surface area contributed by atoms with E-state index in [9.17, 15) is 4.79 Å². The molecular weight excluding hydrogens is 242 g/mol. The molecule has 0 saturated carbocycles. The van der Waals surface area contributed by atoms with Crippen LogP contribution in [0.4, 0.5) is 0 Å². The summed E-state index contributed by atoms with van der Waals surface area (Å²) in [5.74, 6) is -0.155. The van der Waals surface area contributed by atoms with Crippen LogP contribution in [0.25, 0.3) is 0 Å². The molecule has 0 aromatic carbocycles. The van der Waals surface area contributed by atoms with Gasteiger partial charge >= 0.3 is 5.97 Å². The summed E-state index contributed by atoms with van der Waals surface area (Å²) in [6.07, 6.45) is 0.809. The maximum atomic E-state index is 11.6. The Kier molecular flexibility index (Phi) is 6.75. The number of nitrogens with one attached hydrogen (secondary N) is 1. The van der Waals surface area contributed by atoms with Gasteiger partial charge in [0.15, 0.2) is 0 Å². The number of hydrogen-bond acceptors (Lipinski definition) is 5. The van der Waals surface area contributed by atoms with Gasteiger partial charge in [-0.15, -0.1) is 0 Å². The van der Waals surface area contributed by atoms with Crippen LogP contribution in [0, 0.1) is 0 Å². The highest BCUT2D eigenvalue weighted by atomic mass is 16.5. The van der Waals surface area contributed by atoms with Crippen LogP contribution in [0.5, 0.6) is 0 Å². The lowest BCUT2D eigenvalue weighted by Gasteiger charge is -2.42. The molecule has 0 aromatic heterocycles. The van der Waals surface area contributed by atoms with Gasteiger partial charge in [-0.2, -0.15) is 0 Å². The number of esters is 1.